The summed E-state index contributed by atoms with van der Waals surface area (Å²) >= 11 is 0. The normalized spacial score (nSPS) is 32.5. The van der Waals surface area contributed by atoms with Gasteiger partial charge in [0.05, 0.1) is 0 Å². The second-order valence-corrected chi connectivity index (χ2v) is 6.91. The summed E-state index contributed by atoms with van der Waals surface area (Å²) in [6, 6.07) is 0.586. The van der Waals surface area contributed by atoms with Gasteiger partial charge >= 0.3 is 0 Å². The third-order valence-electron chi connectivity index (χ3n) is 5.80. The maximum absolute atomic E-state index is 5.99. The van der Waals surface area contributed by atoms with Gasteiger partial charge in [-0.1, -0.05) is 64.7 Å². The Morgan fingerprint density at radius 1 is 0.895 bits per heavy atom. The average molecular weight is 266 g/mol. The maximum Gasteiger partial charge on any atom is 0.0269 e. The van der Waals surface area contributed by atoms with E-state index in [1.807, 2.05) is 0 Å². The number of nitrogens with one attached hydrogen (secondary N) is 1. The van der Waals surface area contributed by atoms with Gasteiger partial charge in [-0.3, -0.25) is 11.3 Å². The van der Waals surface area contributed by atoms with Crippen molar-refractivity contribution in [2.45, 2.75) is 90.0 Å². The van der Waals surface area contributed by atoms with E-state index in [2.05, 4.69) is 12.3 Å². The molecule has 2 heteroatoms. The molecule has 0 aromatic rings. The summed E-state index contributed by atoms with van der Waals surface area (Å²) in [6.07, 6.45) is 17.0. The molecule has 2 rings (SSSR count). The molecule has 0 saturated heterocycles. The Kier molecular flexibility index (Phi) is 6.66. The number of nitrogens with two attached hydrogens (primary N) is 1. The Bertz CT molecular complexity index is 233. The van der Waals surface area contributed by atoms with Gasteiger partial charge in [-0.25, -0.2) is 0 Å². The van der Waals surface area contributed by atoms with Crippen LogP contribution in [0.25, 0.3) is 0 Å². The van der Waals surface area contributed by atoms with Gasteiger partial charge in [-0.2, -0.15) is 0 Å². The van der Waals surface area contributed by atoms with E-state index in [0.717, 1.165) is 17.8 Å². The second-order valence-electron chi connectivity index (χ2n) is 6.91. The van der Waals surface area contributed by atoms with E-state index in [1.165, 1.54) is 77.0 Å². The first-order valence-corrected chi connectivity index (χ1v) is 8.83. The minimum Gasteiger partial charge on any atom is -0.271 e. The molecule has 3 atom stereocenters. The fraction of sp³-hybridized carbons (Fsp3) is 1.00. The van der Waals surface area contributed by atoms with Crippen LogP contribution in [0.4, 0.5) is 0 Å². The summed E-state index contributed by atoms with van der Waals surface area (Å²) in [5.41, 5.74) is 3.25. The first-order chi connectivity index (χ1) is 9.36. The fourth-order valence-electron chi connectivity index (χ4n) is 4.67. The van der Waals surface area contributed by atoms with Crippen LogP contribution in [-0.4, -0.2) is 6.04 Å². The van der Waals surface area contributed by atoms with Crippen molar-refractivity contribution in [2.75, 3.05) is 0 Å². The molecule has 112 valence electrons. The lowest BCUT2D eigenvalue weighted by Crippen LogP contribution is -2.49. The van der Waals surface area contributed by atoms with Gasteiger partial charge in [0.2, 0.25) is 0 Å². The minimum absolute atomic E-state index is 0.586. The van der Waals surface area contributed by atoms with Gasteiger partial charge in [0, 0.05) is 6.04 Å². The van der Waals surface area contributed by atoms with E-state index < -0.39 is 0 Å². The first-order valence-electron chi connectivity index (χ1n) is 8.83. The van der Waals surface area contributed by atoms with Crippen LogP contribution in [0.5, 0.6) is 0 Å². The number of hydrazine groups is 1. The van der Waals surface area contributed by atoms with Gasteiger partial charge in [0.25, 0.3) is 0 Å². The van der Waals surface area contributed by atoms with E-state index >= 15 is 0 Å². The van der Waals surface area contributed by atoms with Crippen LogP contribution in [-0.2, 0) is 0 Å². The molecule has 2 fully saturated rings. The smallest absolute Gasteiger partial charge is 0.0269 e. The molecule has 3 unspecified atom stereocenters. The number of hydrogen-bond donors (Lipinski definition) is 2. The molecular weight excluding hydrogens is 232 g/mol. The molecule has 0 heterocycles. The SMILES string of the molecule is CCC1CCCCC1C(NN)C1CCCCCCC1. The van der Waals surface area contributed by atoms with E-state index in [9.17, 15) is 0 Å². The monoisotopic (exact) mass is 266 g/mol. The quantitative estimate of drug-likeness (QED) is 0.585. The molecule has 2 nitrogen and oxygen atoms in total. The summed E-state index contributed by atoms with van der Waals surface area (Å²) < 4.78 is 0. The van der Waals surface area contributed by atoms with Gasteiger partial charge in [0.1, 0.15) is 0 Å². The summed E-state index contributed by atoms with van der Waals surface area (Å²) in [7, 11) is 0. The Balaban J connectivity index is 1.99. The van der Waals surface area contributed by atoms with Gasteiger partial charge in [-0.05, 0) is 37.0 Å². The van der Waals surface area contributed by atoms with Crippen molar-refractivity contribution in [3.05, 3.63) is 0 Å². The average Bonchev–Trinajstić information content (AvgIpc) is 2.42. The highest BCUT2D eigenvalue weighted by Gasteiger charge is 2.34. The summed E-state index contributed by atoms with van der Waals surface area (Å²) in [5, 5.41) is 0. The lowest BCUT2D eigenvalue weighted by molar-refractivity contribution is 0.124. The molecule has 0 spiro atoms. The Morgan fingerprint density at radius 3 is 2.11 bits per heavy atom. The van der Waals surface area contributed by atoms with Gasteiger partial charge in [0.15, 0.2) is 0 Å². The highest BCUT2D eigenvalue weighted by atomic mass is 15.2. The number of rotatable bonds is 4. The van der Waals surface area contributed by atoms with Crippen LogP contribution in [0, 0.1) is 17.8 Å². The molecule has 0 amide bonds. The molecule has 0 aliphatic heterocycles. The van der Waals surface area contributed by atoms with Crippen molar-refractivity contribution in [2.24, 2.45) is 23.6 Å². The van der Waals surface area contributed by atoms with E-state index in [4.69, 9.17) is 5.84 Å². The minimum atomic E-state index is 0.586. The van der Waals surface area contributed by atoms with Crippen molar-refractivity contribution in [3.63, 3.8) is 0 Å². The maximum atomic E-state index is 5.99. The van der Waals surface area contributed by atoms with Crippen molar-refractivity contribution < 1.29 is 0 Å². The van der Waals surface area contributed by atoms with Crippen molar-refractivity contribution in [1.82, 2.24) is 5.43 Å². The van der Waals surface area contributed by atoms with Crippen molar-refractivity contribution >= 4 is 0 Å². The van der Waals surface area contributed by atoms with Gasteiger partial charge < -0.3 is 0 Å². The molecule has 0 bridgehead atoms. The molecule has 2 aliphatic carbocycles. The first kappa shape index (κ1) is 15.3. The predicted molar refractivity (Wildman–Crippen MR) is 82.7 cm³/mol. The molecule has 0 aromatic carbocycles. The van der Waals surface area contributed by atoms with Gasteiger partial charge in [-0.15, -0.1) is 0 Å². The van der Waals surface area contributed by atoms with Crippen LogP contribution < -0.4 is 11.3 Å². The van der Waals surface area contributed by atoms with Crippen LogP contribution in [0.2, 0.25) is 0 Å². The topological polar surface area (TPSA) is 38.0 Å². The van der Waals surface area contributed by atoms with Crippen LogP contribution in [0.3, 0.4) is 0 Å². The Morgan fingerprint density at radius 2 is 1.47 bits per heavy atom. The summed E-state index contributed by atoms with van der Waals surface area (Å²) in [6.45, 7) is 2.37. The third-order valence-corrected chi connectivity index (χ3v) is 5.80. The third kappa shape index (κ3) is 4.19. The van der Waals surface area contributed by atoms with Crippen LogP contribution in [0.15, 0.2) is 0 Å². The largest absolute Gasteiger partial charge is 0.271 e. The molecule has 19 heavy (non-hydrogen) atoms. The molecule has 2 aliphatic rings. The molecule has 0 radical (unpaired) electrons. The molecular formula is C17H34N2. The Labute approximate surface area is 119 Å². The lowest BCUT2D eigenvalue weighted by Gasteiger charge is -2.41. The predicted octanol–water partition coefficient (Wildman–Crippen LogP) is 4.40. The highest BCUT2D eigenvalue weighted by molar-refractivity contribution is 4.88. The number of hydrogen-bond acceptors (Lipinski definition) is 2. The van der Waals surface area contributed by atoms with Crippen LogP contribution in [0.1, 0.15) is 84.0 Å². The highest BCUT2D eigenvalue weighted by Crippen LogP contribution is 2.39. The summed E-state index contributed by atoms with van der Waals surface area (Å²) in [5.74, 6) is 8.58. The van der Waals surface area contributed by atoms with E-state index in [-0.39, 0.29) is 0 Å². The molecule has 3 N–H and O–H groups in total. The molecule has 0 aromatic heterocycles. The lowest BCUT2D eigenvalue weighted by atomic mass is 9.69. The zero-order valence-corrected chi connectivity index (χ0v) is 12.9. The van der Waals surface area contributed by atoms with E-state index in [1.54, 1.807) is 0 Å². The van der Waals surface area contributed by atoms with Crippen LogP contribution >= 0.6 is 0 Å². The van der Waals surface area contributed by atoms with E-state index in [0.29, 0.717) is 6.04 Å². The zero-order valence-electron chi connectivity index (χ0n) is 12.9. The zero-order chi connectivity index (χ0) is 13.5. The van der Waals surface area contributed by atoms with Crippen molar-refractivity contribution in [1.29, 1.82) is 0 Å². The Hall–Kier alpha value is -0.0800. The fourth-order valence-corrected chi connectivity index (χ4v) is 4.67. The van der Waals surface area contributed by atoms with Crippen molar-refractivity contribution in [3.8, 4) is 0 Å². The second kappa shape index (κ2) is 8.26. The standard InChI is InChI=1S/C17H34N2/c1-2-14-10-8-9-13-16(14)17(19-18)15-11-6-4-3-5-7-12-15/h14-17,19H,2-13,18H2,1H3. The summed E-state index contributed by atoms with van der Waals surface area (Å²) in [4.78, 5) is 0. The molecule has 2 saturated carbocycles.